The summed E-state index contributed by atoms with van der Waals surface area (Å²) in [6, 6.07) is 13.4. The van der Waals surface area contributed by atoms with Crippen LogP contribution in [0.4, 0.5) is 5.69 Å². The fourth-order valence-electron chi connectivity index (χ4n) is 1.72. The summed E-state index contributed by atoms with van der Waals surface area (Å²) in [5.74, 6) is 1.51. The molecule has 2 N–H and O–H groups in total. The van der Waals surface area contributed by atoms with Gasteiger partial charge in [0.1, 0.15) is 16.5 Å². The van der Waals surface area contributed by atoms with Crippen molar-refractivity contribution in [3.8, 4) is 11.5 Å². The van der Waals surface area contributed by atoms with Crippen molar-refractivity contribution >= 4 is 38.8 Å². The van der Waals surface area contributed by atoms with Crippen LogP contribution < -0.4 is 15.4 Å². The van der Waals surface area contributed by atoms with Crippen LogP contribution in [0.2, 0.25) is 0 Å². The number of ether oxygens (including phenoxy) is 1. The zero-order valence-corrected chi connectivity index (χ0v) is 13.7. The summed E-state index contributed by atoms with van der Waals surface area (Å²) in [5.41, 5.74) is 7.51. The van der Waals surface area contributed by atoms with Crippen molar-refractivity contribution in [3.05, 3.63) is 52.5 Å². The van der Waals surface area contributed by atoms with Gasteiger partial charge in [0.2, 0.25) is 0 Å². The number of halogens is 1. The third-order valence-corrected chi connectivity index (χ3v) is 3.65. The van der Waals surface area contributed by atoms with Crippen LogP contribution in [0.1, 0.15) is 5.56 Å². The molecule has 2 rings (SSSR count). The highest BCUT2D eigenvalue weighted by atomic mass is 79.9. The van der Waals surface area contributed by atoms with Crippen molar-refractivity contribution in [2.24, 2.45) is 5.73 Å². The lowest BCUT2D eigenvalue weighted by molar-refractivity contribution is 0.482. The van der Waals surface area contributed by atoms with Crippen LogP contribution in [-0.4, -0.2) is 19.1 Å². The van der Waals surface area contributed by atoms with Gasteiger partial charge in [0.05, 0.1) is 0 Å². The van der Waals surface area contributed by atoms with Gasteiger partial charge in [-0.15, -0.1) is 0 Å². The second-order valence-corrected chi connectivity index (χ2v) is 5.79. The first-order valence-corrected chi connectivity index (χ1v) is 7.22. The molecule has 0 unspecified atom stereocenters. The second-order valence-electron chi connectivity index (χ2n) is 4.50. The molecule has 0 aliphatic carbocycles. The molecule has 0 aliphatic heterocycles. The van der Waals surface area contributed by atoms with E-state index >= 15 is 0 Å². The molecule has 3 nitrogen and oxygen atoms in total. The van der Waals surface area contributed by atoms with E-state index in [9.17, 15) is 0 Å². The van der Waals surface area contributed by atoms with Crippen LogP contribution in [0.25, 0.3) is 0 Å². The Morgan fingerprint density at radius 2 is 1.85 bits per heavy atom. The van der Waals surface area contributed by atoms with Crippen LogP contribution in [0.5, 0.6) is 11.5 Å². The summed E-state index contributed by atoms with van der Waals surface area (Å²) >= 11 is 8.41. The lowest BCUT2D eigenvalue weighted by Gasteiger charge is -2.14. The van der Waals surface area contributed by atoms with Gasteiger partial charge in [-0.25, -0.2) is 0 Å². The molecule has 104 valence electrons. The monoisotopic (exact) mass is 350 g/mol. The lowest BCUT2D eigenvalue weighted by atomic mass is 10.2. The van der Waals surface area contributed by atoms with E-state index < -0.39 is 0 Å². The van der Waals surface area contributed by atoms with Crippen molar-refractivity contribution < 1.29 is 4.74 Å². The molecule has 0 saturated heterocycles. The van der Waals surface area contributed by atoms with Gasteiger partial charge in [0.15, 0.2) is 0 Å². The van der Waals surface area contributed by atoms with Gasteiger partial charge in [-0.05, 0) is 46.3 Å². The first-order valence-electron chi connectivity index (χ1n) is 6.02. The van der Waals surface area contributed by atoms with Crippen molar-refractivity contribution in [1.82, 2.24) is 0 Å². The second kappa shape index (κ2) is 6.24. The van der Waals surface area contributed by atoms with E-state index in [0.29, 0.717) is 4.99 Å². The topological polar surface area (TPSA) is 38.5 Å². The number of thiocarbonyl (C=S) groups is 1. The van der Waals surface area contributed by atoms with Crippen LogP contribution in [0.15, 0.2) is 46.9 Å². The van der Waals surface area contributed by atoms with Gasteiger partial charge in [0.25, 0.3) is 0 Å². The third-order valence-electron chi connectivity index (χ3n) is 2.78. The molecule has 0 aliphatic rings. The minimum Gasteiger partial charge on any atom is -0.457 e. The summed E-state index contributed by atoms with van der Waals surface area (Å²) in [6.07, 6.45) is 0. The third kappa shape index (κ3) is 3.49. The summed E-state index contributed by atoms with van der Waals surface area (Å²) in [6.45, 7) is 0. The van der Waals surface area contributed by atoms with Gasteiger partial charge in [0, 0.05) is 35.9 Å². The van der Waals surface area contributed by atoms with Gasteiger partial charge in [-0.2, -0.15) is 0 Å². The first kappa shape index (κ1) is 14.8. The minimum absolute atomic E-state index is 0.359. The average molecular weight is 351 g/mol. The molecule has 0 amide bonds. The normalized spacial score (nSPS) is 10.2. The Kier molecular flexibility index (Phi) is 4.62. The molecule has 0 heterocycles. The fraction of sp³-hybridized carbons (Fsp3) is 0.133. The molecule has 0 radical (unpaired) electrons. The van der Waals surface area contributed by atoms with E-state index in [-0.39, 0.29) is 0 Å². The van der Waals surface area contributed by atoms with Crippen molar-refractivity contribution in [2.75, 3.05) is 19.0 Å². The molecular formula is C15H15BrN2OS. The van der Waals surface area contributed by atoms with Crippen molar-refractivity contribution in [1.29, 1.82) is 0 Å². The maximum atomic E-state index is 5.84. The predicted molar refractivity (Wildman–Crippen MR) is 90.9 cm³/mol. The summed E-state index contributed by atoms with van der Waals surface area (Å²) in [4.78, 5) is 2.39. The van der Waals surface area contributed by atoms with E-state index in [1.165, 1.54) is 0 Å². The summed E-state index contributed by atoms with van der Waals surface area (Å²) in [5, 5.41) is 0. The highest BCUT2D eigenvalue weighted by Gasteiger charge is 2.06. The Labute approximate surface area is 132 Å². The molecule has 2 aromatic carbocycles. The molecule has 2 aromatic rings. The van der Waals surface area contributed by atoms with Gasteiger partial charge < -0.3 is 15.4 Å². The Hall–Kier alpha value is -1.59. The smallest absolute Gasteiger partial charge is 0.129 e. The van der Waals surface area contributed by atoms with E-state index in [0.717, 1.165) is 27.2 Å². The van der Waals surface area contributed by atoms with Crippen LogP contribution >= 0.6 is 28.1 Å². The minimum atomic E-state index is 0.359. The quantitative estimate of drug-likeness (QED) is 0.847. The number of hydrogen-bond acceptors (Lipinski definition) is 3. The number of nitrogens with zero attached hydrogens (tertiary/aromatic N) is 1. The molecule has 0 saturated carbocycles. The maximum Gasteiger partial charge on any atom is 0.129 e. The Balaban J connectivity index is 2.24. The Morgan fingerprint density at radius 3 is 2.45 bits per heavy atom. The fourth-order valence-corrected chi connectivity index (χ4v) is 2.60. The molecule has 20 heavy (non-hydrogen) atoms. The molecule has 0 aromatic heterocycles. The van der Waals surface area contributed by atoms with Gasteiger partial charge in [-0.1, -0.05) is 18.3 Å². The zero-order valence-electron chi connectivity index (χ0n) is 11.3. The SMILES string of the molecule is CN(C)c1cccc(Oc2ccc(C(N)=S)c(Br)c2)c1. The van der Waals surface area contributed by atoms with Crippen LogP contribution in [0.3, 0.4) is 0 Å². The molecule has 0 fully saturated rings. The number of benzene rings is 2. The largest absolute Gasteiger partial charge is 0.457 e. The number of hydrogen-bond donors (Lipinski definition) is 1. The van der Waals surface area contributed by atoms with Crippen molar-refractivity contribution in [3.63, 3.8) is 0 Å². The molecular weight excluding hydrogens is 336 g/mol. The molecule has 0 bridgehead atoms. The molecule has 0 spiro atoms. The summed E-state index contributed by atoms with van der Waals surface area (Å²) < 4.78 is 6.67. The lowest BCUT2D eigenvalue weighted by Crippen LogP contribution is -2.10. The Morgan fingerprint density at radius 1 is 1.15 bits per heavy atom. The highest BCUT2D eigenvalue weighted by Crippen LogP contribution is 2.28. The predicted octanol–water partition coefficient (Wildman–Crippen LogP) is 3.94. The number of rotatable bonds is 4. The molecule has 0 atom stereocenters. The van der Waals surface area contributed by atoms with Gasteiger partial charge >= 0.3 is 0 Å². The molecule has 5 heteroatoms. The number of nitrogens with two attached hydrogens (primary N) is 1. The summed E-state index contributed by atoms with van der Waals surface area (Å²) in [7, 11) is 3.99. The zero-order chi connectivity index (χ0) is 14.7. The average Bonchev–Trinajstić information content (AvgIpc) is 2.38. The first-order chi connectivity index (χ1) is 9.47. The maximum absolute atomic E-state index is 5.84. The Bertz CT molecular complexity index is 644. The van der Waals surface area contributed by atoms with E-state index in [2.05, 4.69) is 15.9 Å². The highest BCUT2D eigenvalue weighted by molar-refractivity contribution is 9.10. The van der Waals surface area contributed by atoms with E-state index in [1.807, 2.05) is 61.5 Å². The van der Waals surface area contributed by atoms with Crippen LogP contribution in [0, 0.1) is 0 Å². The number of anilines is 1. The van der Waals surface area contributed by atoms with Crippen LogP contribution in [-0.2, 0) is 0 Å². The van der Waals surface area contributed by atoms with Crippen molar-refractivity contribution in [2.45, 2.75) is 0 Å². The van der Waals surface area contributed by atoms with Gasteiger partial charge in [-0.3, -0.25) is 0 Å². The standard InChI is InChI=1S/C15H15BrN2OS/c1-18(2)10-4-3-5-11(8-10)19-12-6-7-13(15(17)20)14(16)9-12/h3-9H,1-2H3,(H2,17,20). The van der Waals surface area contributed by atoms with E-state index in [1.54, 1.807) is 0 Å². The van der Waals surface area contributed by atoms with E-state index in [4.69, 9.17) is 22.7 Å².